The normalized spacial score (nSPS) is 12.1. The molecule has 314 valence electrons. The quantitative estimate of drug-likeness (QED) is 0.0241. The van der Waals surface area contributed by atoms with Crippen LogP contribution in [0.15, 0.2) is 201 Å². The van der Waals surface area contributed by atoms with Gasteiger partial charge in [-0.2, -0.15) is 13.0 Å². The maximum atomic E-state index is 12.9. The van der Waals surface area contributed by atoms with Gasteiger partial charge >= 0.3 is 0 Å². The second kappa shape index (κ2) is 20.9. The van der Waals surface area contributed by atoms with Crippen molar-refractivity contribution in [2.24, 2.45) is 0 Å². The molecule has 0 unspecified atom stereocenters. The molecule has 8 rings (SSSR count). The monoisotopic (exact) mass is 877 g/mol. The number of hydrogen-bond donors (Lipinski definition) is 3. The van der Waals surface area contributed by atoms with Gasteiger partial charge in [-0.05, 0) is 60.7 Å². The molecular formula is C51H49N4O4S3+. The molecule has 1 aliphatic heterocycles. The van der Waals surface area contributed by atoms with Crippen molar-refractivity contribution in [3.8, 4) is 22.5 Å². The highest BCUT2D eigenvalue weighted by Crippen LogP contribution is 2.43. The summed E-state index contributed by atoms with van der Waals surface area (Å²) < 4.78 is 45.4. The first-order valence-corrected chi connectivity index (χ1v) is 24.2. The van der Waals surface area contributed by atoms with Crippen molar-refractivity contribution in [2.45, 2.75) is 14.7 Å². The lowest BCUT2D eigenvalue weighted by Crippen LogP contribution is -2.33. The Morgan fingerprint density at radius 2 is 1.18 bits per heavy atom. The van der Waals surface area contributed by atoms with Gasteiger partial charge in [0.1, 0.15) is 16.2 Å². The van der Waals surface area contributed by atoms with Crippen molar-refractivity contribution in [1.82, 2.24) is 15.2 Å². The SMILES string of the molecule is O=S(=O)(O)c1ccccc1-c1c2ccc(=[N+](CCNCCSc3ccccc3)c3ccccc3)cc-2oc2cc(N(CCNCCSc3ccccc3)c3ccccc3)ccc12. The molecule has 2 aliphatic rings. The highest BCUT2D eigenvalue weighted by Gasteiger charge is 2.25. The van der Waals surface area contributed by atoms with Crippen molar-refractivity contribution in [3.63, 3.8) is 0 Å². The van der Waals surface area contributed by atoms with Crippen LogP contribution in [0.3, 0.4) is 0 Å². The first kappa shape index (κ1) is 43.0. The molecule has 0 saturated heterocycles. The molecule has 1 aliphatic carbocycles. The topological polar surface area (TPSA) is 97.8 Å². The third kappa shape index (κ3) is 10.9. The van der Waals surface area contributed by atoms with Crippen LogP contribution in [0.4, 0.5) is 17.1 Å². The van der Waals surface area contributed by atoms with E-state index in [2.05, 4.69) is 105 Å². The van der Waals surface area contributed by atoms with Crippen LogP contribution in [0, 0.1) is 0 Å². The third-order valence-corrected chi connectivity index (χ3v) is 13.4. The van der Waals surface area contributed by atoms with E-state index in [1.54, 1.807) is 18.2 Å². The van der Waals surface area contributed by atoms with Crippen LogP contribution in [0.25, 0.3) is 33.4 Å². The number of thioether (sulfide) groups is 2. The molecular weight excluding hydrogens is 829 g/mol. The number of nitrogens with zero attached hydrogens (tertiary/aromatic N) is 2. The van der Waals surface area contributed by atoms with Crippen LogP contribution in [0.2, 0.25) is 0 Å². The molecule has 0 fully saturated rings. The Hall–Kier alpha value is -5.66. The molecule has 0 spiro atoms. The minimum atomic E-state index is -4.56. The fraction of sp³-hybridized carbons (Fsp3) is 0.157. The van der Waals surface area contributed by atoms with E-state index in [1.165, 1.54) is 15.9 Å². The van der Waals surface area contributed by atoms with Crippen molar-refractivity contribution in [1.29, 1.82) is 0 Å². The van der Waals surface area contributed by atoms with Crippen molar-refractivity contribution < 1.29 is 17.4 Å². The molecule has 1 heterocycles. The largest absolute Gasteiger partial charge is 0.456 e. The summed E-state index contributed by atoms with van der Waals surface area (Å²) >= 11 is 3.67. The Morgan fingerprint density at radius 1 is 0.581 bits per heavy atom. The maximum absolute atomic E-state index is 12.9. The van der Waals surface area contributed by atoms with Gasteiger partial charge in [-0.25, -0.2) is 0 Å². The Balaban J connectivity index is 1.17. The van der Waals surface area contributed by atoms with Crippen molar-refractivity contribution >= 4 is 61.7 Å². The van der Waals surface area contributed by atoms with Gasteiger partial charge in [0.15, 0.2) is 6.54 Å². The number of nitrogens with one attached hydrogen (secondary N) is 2. The average molecular weight is 878 g/mol. The zero-order valence-electron chi connectivity index (χ0n) is 34.3. The van der Waals surface area contributed by atoms with Gasteiger partial charge in [0.05, 0.1) is 12.6 Å². The fourth-order valence-electron chi connectivity index (χ4n) is 7.57. The smallest absolute Gasteiger partial charge is 0.295 e. The van der Waals surface area contributed by atoms with Gasteiger partial charge in [0.2, 0.25) is 11.0 Å². The molecule has 3 N–H and O–H groups in total. The van der Waals surface area contributed by atoms with E-state index in [0.29, 0.717) is 35.6 Å². The summed E-state index contributed by atoms with van der Waals surface area (Å²) in [4.78, 5) is 4.62. The molecule has 0 radical (unpaired) electrons. The van der Waals surface area contributed by atoms with E-state index in [0.717, 1.165) is 71.1 Å². The molecule has 6 aromatic carbocycles. The second-order valence-electron chi connectivity index (χ2n) is 14.6. The molecule has 0 amide bonds. The van der Waals surface area contributed by atoms with Crippen LogP contribution >= 0.6 is 23.5 Å². The molecule has 0 aromatic heterocycles. The molecule has 0 atom stereocenters. The fourth-order valence-corrected chi connectivity index (χ4v) is 9.93. The number of benzene rings is 7. The first-order valence-electron chi connectivity index (χ1n) is 20.8. The Bertz CT molecular complexity index is 2840. The lowest BCUT2D eigenvalue weighted by molar-refractivity contribution is 0.483. The van der Waals surface area contributed by atoms with E-state index in [9.17, 15) is 13.0 Å². The van der Waals surface area contributed by atoms with E-state index >= 15 is 0 Å². The van der Waals surface area contributed by atoms with Crippen LogP contribution in [-0.2, 0) is 10.1 Å². The van der Waals surface area contributed by atoms with E-state index in [-0.39, 0.29) is 4.90 Å². The zero-order chi connectivity index (χ0) is 42.6. The lowest BCUT2D eigenvalue weighted by atomic mass is 9.93. The standard InChI is InChI=1S/C51H48N4O4S3/c56-62(57,58)50-24-14-13-23-47(50)51-45-27-25-41(54(39-15-5-1-6-16-39)33-29-52-31-35-60-43-19-9-3-10-20-43)37-48(45)59-49-38-42(26-28-46(49)51)55(40-17-7-2-8-18-40)34-30-53-32-36-61-44-21-11-4-12-22-44/h1-28,37-38,52-53H,29-36H2/p+1. The van der Waals surface area contributed by atoms with Gasteiger partial charge in [-0.15, -0.1) is 23.5 Å². The van der Waals surface area contributed by atoms with E-state index in [1.807, 2.05) is 96.3 Å². The molecule has 11 heteroatoms. The highest BCUT2D eigenvalue weighted by atomic mass is 32.2. The van der Waals surface area contributed by atoms with Crippen molar-refractivity contribution in [3.05, 3.63) is 187 Å². The van der Waals surface area contributed by atoms with Crippen LogP contribution < -0.4 is 25.5 Å². The first-order chi connectivity index (χ1) is 30.4. The predicted molar refractivity (Wildman–Crippen MR) is 258 cm³/mol. The Labute approximate surface area is 372 Å². The van der Waals surface area contributed by atoms with Gasteiger partial charge in [0, 0.05) is 105 Å². The minimum absolute atomic E-state index is 0.160. The van der Waals surface area contributed by atoms with Gasteiger partial charge in [0.25, 0.3) is 10.1 Å². The van der Waals surface area contributed by atoms with Crippen LogP contribution in [0.1, 0.15) is 0 Å². The zero-order valence-corrected chi connectivity index (χ0v) is 36.7. The van der Waals surface area contributed by atoms with E-state index < -0.39 is 10.1 Å². The summed E-state index contributed by atoms with van der Waals surface area (Å²) in [5.41, 5.74) is 5.39. The summed E-state index contributed by atoms with van der Waals surface area (Å²) in [6.07, 6.45) is 0. The van der Waals surface area contributed by atoms with E-state index in [4.69, 9.17) is 4.42 Å². The molecule has 0 saturated carbocycles. The van der Waals surface area contributed by atoms with Crippen LogP contribution in [0.5, 0.6) is 0 Å². The third-order valence-electron chi connectivity index (χ3n) is 10.5. The highest BCUT2D eigenvalue weighted by molar-refractivity contribution is 7.99. The minimum Gasteiger partial charge on any atom is -0.456 e. The van der Waals surface area contributed by atoms with Gasteiger partial charge < -0.3 is 20.0 Å². The summed E-state index contributed by atoms with van der Waals surface area (Å²) in [7, 11) is -4.56. The lowest BCUT2D eigenvalue weighted by Gasteiger charge is -2.26. The maximum Gasteiger partial charge on any atom is 0.295 e. The molecule has 8 nitrogen and oxygen atoms in total. The summed E-state index contributed by atoms with van der Waals surface area (Å²) in [5.74, 6) is 2.50. The Morgan fingerprint density at radius 3 is 1.84 bits per heavy atom. The predicted octanol–water partition coefficient (Wildman–Crippen LogP) is 10.5. The second-order valence-corrected chi connectivity index (χ2v) is 18.3. The van der Waals surface area contributed by atoms with Crippen LogP contribution in [-0.4, -0.2) is 63.7 Å². The Kier molecular flexibility index (Phi) is 14.5. The summed E-state index contributed by atoms with van der Waals surface area (Å²) in [6.45, 7) is 4.64. The summed E-state index contributed by atoms with van der Waals surface area (Å²) in [6, 6.07) is 60.2. The number of rotatable bonds is 19. The molecule has 6 aromatic rings. The number of para-hydroxylation sites is 2. The molecule has 0 bridgehead atoms. The number of fused-ring (bicyclic) bond motifs is 2. The summed E-state index contributed by atoms with van der Waals surface area (Å²) in [5, 5.41) is 8.90. The van der Waals surface area contributed by atoms with Gasteiger partial charge in [-0.1, -0.05) is 91.0 Å². The number of anilines is 2. The van der Waals surface area contributed by atoms with Crippen molar-refractivity contribution in [2.75, 3.05) is 55.7 Å². The molecule has 62 heavy (non-hydrogen) atoms. The average Bonchev–Trinajstić information content (AvgIpc) is 3.31. The number of hydrogen-bond acceptors (Lipinski definition) is 8. The van der Waals surface area contributed by atoms with Gasteiger partial charge in [-0.3, -0.25) is 4.55 Å².